The average Bonchev–Trinajstić information content (AvgIpc) is 3.28. The van der Waals surface area contributed by atoms with Gasteiger partial charge in [-0.3, -0.25) is 9.80 Å². The SMILES string of the molecule is O=S1(=O)C[C@@H]2[C@H](C1)N(Cc1nc(-c3ccco3)no1)CCN2CCO. The van der Waals surface area contributed by atoms with E-state index in [0.717, 1.165) is 0 Å². The largest absolute Gasteiger partial charge is 0.461 e. The fraction of sp³-hybridized carbons (Fsp3) is 0.600. The zero-order valence-electron chi connectivity index (χ0n) is 13.6. The van der Waals surface area contributed by atoms with Crippen molar-refractivity contribution in [1.82, 2.24) is 19.9 Å². The number of piperazine rings is 1. The normalized spacial score (nSPS) is 26.8. The van der Waals surface area contributed by atoms with Gasteiger partial charge in [-0.05, 0) is 12.1 Å². The van der Waals surface area contributed by atoms with Gasteiger partial charge in [0, 0.05) is 31.7 Å². The zero-order chi connectivity index (χ0) is 17.4. The van der Waals surface area contributed by atoms with Gasteiger partial charge < -0.3 is 14.0 Å². The minimum absolute atomic E-state index is 0.0272. The molecule has 0 saturated carbocycles. The van der Waals surface area contributed by atoms with Crippen LogP contribution in [-0.2, 0) is 16.4 Å². The summed E-state index contributed by atoms with van der Waals surface area (Å²) in [5.41, 5.74) is 0. The zero-order valence-corrected chi connectivity index (χ0v) is 14.4. The maximum absolute atomic E-state index is 12.1. The summed E-state index contributed by atoms with van der Waals surface area (Å²) in [4.78, 5) is 8.49. The molecule has 0 amide bonds. The first-order valence-corrected chi connectivity index (χ1v) is 10.0. The van der Waals surface area contributed by atoms with E-state index >= 15 is 0 Å². The lowest BCUT2D eigenvalue weighted by Gasteiger charge is -2.43. The highest BCUT2D eigenvalue weighted by atomic mass is 32.2. The highest BCUT2D eigenvalue weighted by Crippen LogP contribution is 2.28. The average molecular weight is 368 g/mol. The number of β-amino-alcohol motifs (C(OH)–C–C–N with tert-alkyl or cyclic N) is 1. The van der Waals surface area contributed by atoms with Gasteiger partial charge in [-0.2, -0.15) is 4.98 Å². The number of furan rings is 1. The predicted octanol–water partition coefficient (Wildman–Crippen LogP) is -0.395. The Morgan fingerprint density at radius 3 is 2.72 bits per heavy atom. The highest BCUT2D eigenvalue weighted by Gasteiger charge is 2.46. The number of hydrogen-bond acceptors (Lipinski definition) is 9. The molecule has 0 unspecified atom stereocenters. The van der Waals surface area contributed by atoms with E-state index in [4.69, 9.17) is 8.94 Å². The Balaban J connectivity index is 1.51. The van der Waals surface area contributed by atoms with Crippen molar-refractivity contribution in [1.29, 1.82) is 0 Å². The summed E-state index contributed by atoms with van der Waals surface area (Å²) in [6.45, 7) is 2.32. The number of nitrogens with zero attached hydrogens (tertiary/aromatic N) is 4. The van der Waals surface area contributed by atoms with Crippen molar-refractivity contribution in [2.75, 3.05) is 37.7 Å². The highest BCUT2D eigenvalue weighted by molar-refractivity contribution is 7.91. The minimum atomic E-state index is -3.08. The van der Waals surface area contributed by atoms with Crippen LogP contribution in [0.25, 0.3) is 11.6 Å². The second kappa shape index (κ2) is 6.52. The second-order valence-electron chi connectivity index (χ2n) is 6.43. The van der Waals surface area contributed by atoms with E-state index in [2.05, 4.69) is 19.9 Å². The van der Waals surface area contributed by atoms with Crippen molar-refractivity contribution in [3.05, 3.63) is 24.3 Å². The van der Waals surface area contributed by atoms with Crippen LogP contribution < -0.4 is 0 Å². The summed E-state index contributed by atoms with van der Waals surface area (Å²) >= 11 is 0. The van der Waals surface area contributed by atoms with Gasteiger partial charge in [-0.1, -0.05) is 5.16 Å². The first kappa shape index (κ1) is 16.7. The molecule has 0 spiro atoms. The van der Waals surface area contributed by atoms with Gasteiger partial charge >= 0.3 is 0 Å². The number of sulfone groups is 1. The first-order chi connectivity index (χ1) is 12.1. The number of rotatable bonds is 5. The Labute approximate surface area is 145 Å². The maximum atomic E-state index is 12.1. The minimum Gasteiger partial charge on any atom is -0.461 e. The van der Waals surface area contributed by atoms with Crippen LogP contribution in [0.2, 0.25) is 0 Å². The lowest BCUT2D eigenvalue weighted by atomic mass is 10.0. The van der Waals surface area contributed by atoms with E-state index in [9.17, 15) is 13.5 Å². The molecule has 0 bridgehead atoms. The number of aromatic nitrogens is 2. The molecule has 4 heterocycles. The summed E-state index contributed by atoms with van der Waals surface area (Å²) in [7, 11) is -3.08. The van der Waals surface area contributed by atoms with Crippen molar-refractivity contribution < 1.29 is 22.5 Å². The van der Waals surface area contributed by atoms with E-state index < -0.39 is 9.84 Å². The summed E-state index contributed by atoms with van der Waals surface area (Å²) in [5, 5.41) is 13.1. The van der Waals surface area contributed by atoms with E-state index in [1.807, 2.05) is 0 Å². The smallest absolute Gasteiger partial charge is 0.241 e. The maximum Gasteiger partial charge on any atom is 0.241 e. The van der Waals surface area contributed by atoms with Crippen molar-refractivity contribution in [2.45, 2.75) is 18.6 Å². The quantitative estimate of drug-likeness (QED) is 0.753. The Morgan fingerprint density at radius 2 is 2.00 bits per heavy atom. The predicted molar refractivity (Wildman–Crippen MR) is 87.3 cm³/mol. The van der Waals surface area contributed by atoms with Crippen LogP contribution in [0.15, 0.2) is 27.3 Å². The van der Waals surface area contributed by atoms with E-state index in [-0.39, 0.29) is 30.2 Å². The van der Waals surface area contributed by atoms with Crippen molar-refractivity contribution in [3.8, 4) is 11.6 Å². The standard InChI is InChI=1S/C15H20N4O5S/c20-6-5-18-3-4-19(12-10-25(21,22)9-11(12)18)8-14-16-15(17-24-14)13-2-1-7-23-13/h1-2,7,11-12,20H,3-6,8-10H2/t11-,12+/m1/s1. The molecule has 4 rings (SSSR count). The third-order valence-electron chi connectivity index (χ3n) is 4.84. The topological polar surface area (TPSA) is 113 Å². The Morgan fingerprint density at radius 1 is 1.24 bits per heavy atom. The van der Waals surface area contributed by atoms with Crippen LogP contribution in [0.4, 0.5) is 0 Å². The summed E-state index contributed by atoms with van der Waals surface area (Å²) in [6, 6.07) is 3.28. The second-order valence-corrected chi connectivity index (χ2v) is 8.58. The molecule has 0 radical (unpaired) electrons. The number of aliphatic hydroxyl groups is 1. The lowest BCUT2D eigenvalue weighted by molar-refractivity contribution is 0.0254. The molecule has 2 aliphatic rings. The Hall–Kier alpha value is -1.75. The summed E-state index contributed by atoms with van der Waals surface area (Å²) < 4.78 is 34.8. The molecule has 2 aromatic heterocycles. The third-order valence-corrected chi connectivity index (χ3v) is 6.54. The van der Waals surface area contributed by atoms with Gasteiger partial charge in [-0.15, -0.1) is 0 Å². The Bertz CT molecular complexity index is 819. The van der Waals surface area contributed by atoms with Gasteiger partial charge in [0.2, 0.25) is 11.7 Å². The number of aliphatic hydroxyl groups excluding tert-OH is 1. The molecule has 25 heavy (non-hydrogen) atoms. The Kier molecular flexibility index (Phi) is 4.36. The molecule has 10 heteroatoms. The van der Waals surface area contributed by atoms with Crippen LogP contribution in [0.1, 0.15) is 5.89 Å². The molecule has 2 aliphatic heterocycles. The van der Waals surface area contributed by atoms with E-state index in [1.54, 1.807) is 18.4 Å². The molecule has 2 fully saturated rings. The monoisotopic (exact) mass is 368 g/mol. The number of hydrogen-bond donors (Lipinski definition) is 1. The van der Waals surface area contributed by atoms with Crippen LogP contribution >= 0.6 is 0 Å². The first-order valence-electron chi connectivity index (χ1n) is 8.21. The van der Waals surface area contributed by atoms with Gasteiger partial charge in [0.1, 0.15) is 0 Å². The van der Waals surface area contributed by atoms with Gasteiger partial charge in [0.15, 0.2) is 15.6 Å². The summed E-state index contributed by atoms with van der Waals surface area (Å²) in [6.07, 6.45) is 1.54. The summed E-state index contributed by atoms with van der Waals surface area (Å²) in [5.74, 6) is 1.61. The molecule has 2 aromatic rings. The molecule has 136 valence electrons. The van der Waals surface area contributed by atoms with Crippen molar-refractivity contribution >= 4 is 9.84 Å². The molecule has 9 nitrogen and oxygen atoms in total. The molecule has 2 saturated heterocycles. The molecule has 0 aliphatic carbocycles. The third kappa shape index (κ3) is 3.34. The fourth-order valence-electron chi connectivity index (χ4n) is 3.70. The van der Waals surface area contributed by atoms with Crippen molar-refractivity contribution in [3.63, 3.8) is 0 Å². The van der Waals surface area contributed by atoms with Crippen LogP contribution in [0.3, 0.4) is 0 Å². The van der Waals surface area contributed by atoms with Gasteiger partial charge in [-0.25, -0.2) is 8.42 Å². The van der Waals surface area contributed by atoms with Crippen LogP contribution in [-0.4, -0.2) is 83.3 Å². The van der Waals surface area contributed by atoms with E-state index in [1.165, 1.54) is 0 Å². The molecule has 2 atom stereocenters. The van der Waals surface area contributed by atoms with Crippen LogP contribution in [0.5, 0.6) is 0 Å². The lowest BCUT2D eigenvalue weighted by Crippen LogP contribution is -2.59. The molecule has 0 aromatic carbocycles. The molecular formula is C15H20N4O5S. The van der Waals surface area contributed by atoms with Gasteiger partial charge in [0.25, 0.3) is 0 Å². The van der Waals surface area contributed by atoms with E-state index in [0.29, 0.717) is 43.7 Å². The number of fused-ring (bicyclic) bond motifs is 1. The van der Waals surface area contributed by atoms with Gasteiger partial charge in [0.05, 0.1) is 30.9 Å². The van der Waals surface area contributed by atoms with Crippen LogP contribution in [0, 0.1) is 0 Å². The molecule has 1 N–H and O–H groups in total. The van der Waals surface area contributed by atoms with Crippen molar-refractivity contribution in [2.24, 2.45) is 0 Å². The molecular weight excluding hydrogens is 348 g/mol. The fourth-order valence-corrected chi connectivity index (χ4v) is 5.74.